The van der Waals surface area contributed by atoms with Crippen molar-refractivity contribution in [2.75, 3.05) is 39.0 Å². The highest BCUT2D eigenvalue weighted by molar-refractivity contribution is 7.88. The number of sulfonamides is 1. The average Bonchev–Trinajstić information content (AvgIpc) is 3.39. The van der Waals surface area contributed by atoms with Gasteiger partial charge in [0.25, 0.3) is 0 Å². The Bertz CT molecular complexity index is 1090. The monoisotopic (exact) mass is 564 g/mol. The molecule has 0 aliphatic carbocycles. The molecule has 11 heteroatoms. The molecule has 1 aromatic heterocycles. The van der Waals surface area contributed by atoms with Gasteiger partial charge in [0.05, 0.1) is 12.5 Å². The number of piperazine rings is 1. The third kappa shape index (κ3) is 6.05. The zero-order valence-corrected chi connectivity index (χ0v) is 25.3. The van der Waals surface area contributed by atoms with Crippen LogP contribution in [-0.4, -0.2) is 95.1 Å². The summed E-state index contributed by atoms with van der Waals surface area (Å²) in [5.74, 6) is 0.895. The number of nitrogens with one attached hydrogen (secondary N) is 2. The molecule has 3 fully saturated rings. The first-order valence-electron chi connectivity index (χ1n) is 14.7. The minimum atomic E-state index is -3.26. The van der Waals surface area contributed by atoms with Gasteiger partial charge in [-0.2, -0.15) is 5.10 Å². The van der Waals surface area contributed by atoms with Gasteiger partial charge < -0.3 is 10.2 Å². The maximum Gasteiger partial charge on any atom is 0.246 e. The fourth-order valence-electron chi connectivity index (χ4n) is 7.33. The van der Waals surface area contributed by atoms with Crippen LogP contribution in [0.25, 0.3) is 0 Å². The number of nitrogens with zero attached hydrogens (tertiary/aromatic N) is 4. The zero-order valence-electron chi connectivity index (χ0n) is 24.5. The number of hydrogen-bond donors (Lipinski definition) is 2. The molecule has 2 N–H and O–H groups in total. The molecule has 2 amide bonds. The molecule has 10 nitrogen and oxygen atoms in total. The Morgan fingerprint density at radius 1 is 1.13 bits per heavy atom. The first-order valence-corrected chi connectivity index (χ1v) is 16.5. The van der Waals surface area contributed by atoms with Gasteiger partial charge in [-0.1, -0.05) is 41.0 Å². The molecule has 0 aromatic carbocycles. The summed E-state index contributed by atoms with van der Waals surface area (Å²) in [6.07, 6.45) is 8.77. The predicted molar refractivity (Wildman–Crippen MR) is 151 cm³/mol. The largest absolute Gasteiger partial charge is 0.342 e. The fraction of sp³-hybridized carbons (Fsp3) is 0.821. The Morgan fingerprint density at radius 2 is 1.77 bits per heavy atom. The number of amides is 2. The molecule has 0 radical (unpaired) electrons. The molecular formula is C28H48N6O4S. The Hall–Kier alpha value is -1.98. The highest BCUT2D eigenvalue weighted by Gasteiger charge is 2.54. The maximum absolute atomic E-state index is 13.7. The lowest BCUT2D eigenvalue weighted by molar-refractivity contribution is -0.162. The summed E-state index contributed by atoms with van der Waals surface area (Å²) in [6.45, 7) is 13.5. The van der Waals surface area contributed by atoms with Gasteiger partial charge in [0, 0.05) is 50.5 Å². The molecule has 1 spiro atoms. The molecule has 4 heterocycles. The van der Waals surface area contributed by atoms with Crippen molar-refractivity contribution in [3.05, 3.63) is 18.0 Å². The van der Waals surface area contributed by atoms with E-state index in [0.717, 1.165) is 18.4 Å². The van der Waals surface area contributed by atoms with Crippen LogP contribution in [0.1, 0.15) is 78.3 Å². The van der Waals surface area contributed by atoms with E-state index in [1.54, 1.807) is 4.31 Å². The fourth-order valence-corrected chi connectivity index (χ4v) is 8.34. The summed E-state index contributed by atoms with van der Waals surface area (Å²) in [6, 6.07) is -0.397. The molecule has 220 valence electrons. The minimum Gasteiger partial charge on any atom is -0.342 e. The minimum absolute atomic E-state index is 0.00781. The van der Waals surface area contributed by atoms with Crippen LogP contribution in [0.5, 0.6) is 0 Å². The lowest BCUT2D eigenvalue weighted by Gasteiger charge is -2.54. The number of piperidine rings is 2. The van der Waals surface area contributed by atoms with Gasteiger partial charge in [-0.25, -0.2) is 12.7 Å². The molecule has 3 aliphatic rings. The van der Waals surface area contributed by atoms with E-state index < -0.39 is 21.6 Å². The summed E-state index contributed by atoms with van der Waals surface area (Å²) in [5.41, 5.74) is 0.278. The summed E-state index contributed by atoms with van der Waals surface area (Å²) < 4.78 is 26.3. The highest BCUT2D eigenvalue weighted by atomic mass is 32.2. The van der Waals surface area contributed by atoms with Gasteiger partial charge >= 0.3 is 0 Å². The maximum atomic E-state index is 13.7. The first-order chi connectivity index (χ1) is 18.4. The van der Waals surface area contributed by atoms with Crippen molar-refractivity contribution in [3.8, 4) is 0 Å². The van der Waals surface area contributed by atoms with Gasteiger partial charge in [0.15, 0.2) is 0 Å². The summed E-state index contributed by atoms with van der Waals surface area (Å²) in [7, 11) is -3.26. The van der Waals surface area contributed by atoms with E-state index in [-0.39, 0.29) is 35.6 Å². The van der Waals surface area contributed by atoms with Gasteiger partial charge in [0.2, 0.25) is 21.8 Å². The second-order valence-corrected chi connectivity index (χ2v) is 14.6. The first kappa shape index (κ1) is 30.0. The molecule has 4 atom stereocenters. The van der Waals surface area contributed by atoms with E-state index >= 15 is 0 Å². The topological polar surface area (TPSA) is 119 Å². The number of hydrogen-bond acceptors (Lipinski definition) is 6. The SMILES string of the molecule is CCCCN1C(=O)[C@H](CC(C)C)NC(=O)C12CCN(C(c1cn[nH]c1)C1C(C)CN(S(C)(=O)=O)CC1C)CC2. The van der Waals surface area contributed by atoms with Crippen molar-refractivity contribution < 1.29 is 18.0 Å². The molecule has 3 saturated heterocycles. The van der Waals surface area contributed by atoms with Crippen molar-refractivity contribution in [2.45, 2.75) is 84.3 Å². The lowest BCUT2D eigenvalue weighted by Crippen LogP contribution is -2.73. The number of H-pyrrole nitrogens is 1. The quantitative estimate of drug-likeness (QED) is 0.476. The Balaban J connectivity index is 1.58. The van der Waals surface area contributed by atoms with Crippen LogP contribution in [0, 0.1) is 23.7 Å². The molecule has 0 bridgehead atoms. The molecule has 4 rings (SSSR count). The predicted octanol–water partition coefficient (Wildman–Crippen LogP) is 2.62. The Kier molecular flexibility index (Phi) is 9.12. The Labute approximate surface area is 234 Å². The van der Waals surface area contributed by atoms with Gasteiger partial charge in [-0.05, 0) is 49.4 Å². The molecule has 1 aromatic rings. The smallest absolute Gasteiger partial charge is 0.246 e. The van der Waals surface area contributed by atoms with Crippen molar-refractivity contribution in [3.63, 3.8) is 0 Å². The standard InChI is InChI=1S/C28H48N6O4S/c1-7-8-11-34-26(35)23(14-19(2)3)31-27(36)28(34)9-12-32(13-10-28)25(22-15-29-30-16-22)24-20(4)17-33(18-21(24)5)39(6,37)38/h15-16,19-21,23-25H,7-14,17-18H2,1-6H3,(H,29,30)(H,31,36)/t20?,21?,23-,24?,25?/m0/s1. The molecular weight excluding hydrogens is 516 g/mol. The van der Waals surface area contributed by atoms with Gasteiger partial charge in [0.1, 0.15) is 11.6 Å². The van der Waals surface area contributed by atoms with Crippen LogP contribution in [0.4, 0.5) is 0 Å². The Morgan fingerprint density at radius 3 is 2.28 bits per heavy atom. The van der Waals surface area contributed by atoms with E-state index in [0.29, 0.717) is 57.9 Å². The van der Waals surface area contributed by atoms with Crippen molar-refractivity contribution in [1.29, 1.82) is 0 Å². The van der Waals surface area contributed by atoms with Crippen LogP contribution >= 0.6 is 0 Å². The van der Waals surface area contributed by atoms with E-state index in [1.165, 1.54) is 6.26 Å². The summed E-state index contributed by atoms with van der Waals surface area (Å²) in [5, 5.41) is 10.3. The number of carbonyl (C=O) groups is 2. The van der Waals surface area contributed by atoms with Gasteiger partial charge in [-0.15, -0.1) is 0 Å². The average molecular weight is 565 g/mol. The van der Waals surface area contributed by atoms with E-state index in [4.69, 9.17) is 0 Å². The van der Waals surface area contributed by atoms with Crippen molar-refractivity contribution >= 4 is 21.8 Å². The second-order valence-electron chi connectivity index (χ2n) is 12.7. The van der Waals surface area contributed by atoms with Gasteiger partial charge in [-0.3, -0.25) is 19.6 Å². The van der Waals surface area contributed by atoms with E-state index in [2.05, 4.69) is 55.0 Å². The van der Waals surface area contributed by atoms with E-state index in [1.807, 2.05) is 17.3 Å². The number of unbranched alkanes of at least 4 members (excludes halogenated alkanes) is 1. The van der Waals surface area contributed by atoms with Crippen LogP contribution in [0.2, 0.25) is 0 Å². The third-order valence-electron chi connectivity index (χ3n) is 9.26. The van der Waals surface area contributed by atoms with Crippen LogP contribution in [-0.2, 0) is 19.6 Å². The molecule has 3 aliphatic heterocycles. The zero-order chi connectivity index (χ0) is 28.5. The molecule has 0 saturated carbocycles. The van der Waals surface area contributed by atoms with Crippen LogP contribution in [0.15, 0.2) is 12.4 Å². The summed E-state index contributed by atoms with van der Waals surface area (Å²) in [4.78, 5) is 31.8. The second kappa shape index (κ2) is 11.9. The number of likely N-dealkylation sites (tertiary alicyclic amines) is 1. The normalized spacial score (nSPS) is 29.7. The lowest BCUT2D eigenvalue weighted by atomic mass is 9.72. The third-order valence-corrected chi connectivity index (χ3v) is 10.5. The number of rotatable bonds is 9. The van der Waals surface area contributed by atoms with E-state index in [9.17, 15) is 18.0 Å². The highest BCUT2D eigenvalue weighted by Crippen LogP contribution is 2.44. The number of carbonyl (C=O) groups excluding carboxylic acids is 2. The number of aromatic nitrogens is 2. The molecule has 3 unspecified atom stereocenters. The van der Waals surface area contributed by atoms with Crippen molar-refractivity contribution in [1.82, 2.24) is 29.6 Å². The summed E-state index contributed by atoms with van der Waals surface area (Å²) >= 11 is 0. The van der Waals surface area contributed by atoms with Crippen molar-refractivity contribution in [2.24, 2.45) is 23.7 Å². The van der Waals surface area contributed by atoms with Crippen LogP contribution < -0.4 is 5.32 Å². The van der Waals surface area contributed by atoms with Crippen LogP contribution in [0.3, 0.4) is 0 Å². The molecule has 39 heavy (non-hydrogen) atoms. The number of aromatic amines is 1.